The zero-order valence-corrected chi connectivity index (χ0v) is 18.5. The second-order valence-electron chi connectivity index (χ2n) is 8.06. The van der Waals surface area contributed by atoms with Crippen molar-refractivity contribution in [3.63, 3.8) is 0 Å². The van der Waals surface area contributed by atoms with Gasteiger partial charge in [-0.3, -0.25) is 9.69 Å². The molecule has 0 saturated carbocycles. The number of aliphatic hydroxyl groups excluding tert-OH is 1. The first-order valence-corrected chi connectivity index (χ1v) is 11.5. The molecule has 2 heterocycles. The molecule has 0 radical (unpaired) electrons. The molecule has 3 aromatic rings. The minimum Gasteiger partial charge on any atom is -0.388 e. The number of aromatic nitrogens is 1. The van der Waals surface area contributed by atoms with Crippen molar-refractivity contribution in [1.82, 2.24) is 9.88 Å². The molecule has 4 rings (SSSR count). The van der Waals surface area contributed by atoms with E-state index in [-0.39, 0.29) is 17.9 Å². The molecule has 1 fully saturated rings. The molecule has 1 amide bonds. The highest BCUT2D eigenvalue weighted by Gasteiger charge is 2.30. The molecule has 2 N–H and O–H groups in total. The molecule has 1 aliphatic rings. The molecule has 8 heteroatoms. The third kappa shape index (κ3) is 5.03. The number of carbonyl (C=O) groups is 1. The molecule has 0 bridgehead atoms. The van der Waals surface area contributed by atoms with Crippen LogP contribution in [-0.2, 0) is 4.79 Å². The van der Waals surface area contributed by atoms with Gasteiger partial charge in [-0.15, -0.1) is 11.3 Å². The van der Waals surface area contributed by atoms with Crippen LogP contribution in [0.15, 0.2) is 53.9 Å². The molecule has 0 spiro atoms. The average molecular weight is 458 g/mol. The predicted octanol–water partition coefficient (Wildman–Crippen LogP) is 4.86. The van der Waals surface area contributed by atoms with Gasteiger partial charge in [0.15, 0.2) is 16.8 Å². The number of amides is 1. The first kappa shape index (κ1) is 22.5. The summed E-state index contributed by atoms with van der Waals surface area (Å²) >= 11 is 1.24. The lowest BCUT2D eigenvalue weighted by Crippen LogP contribution is -2.46. The molecular formula is C24H25F2N3O2S. The van der Waals surface area contributed by atoms with E-state index in [0.717, 1.165) is 43.6 Å². The van der Waals surface area contributed by atoms with E-state index >= 15 is 0 Å². The Kier molecular flexibility index (Phi) is 6.93. The summed E-state index contributed by atoms with van der Waals surface area (Å²) in [4.78, 5) is 19.2. The van der Waals surface area contributed by atoms with Crippen LogP contribution in [-0.4, -0.2) is 40.0 Å². The quantitative estimate of drug-likeness (QED) is 0.555. The molecular weight excluding hydrogens is 432 g/mol. The Labute approximate surface area is 189 Å². The molecule has 1 aromatic heterocycles. The van der Waals surface area contributed by atoms with Gasteiger partial charge in [0, 0.05) is 10.9 Å². The Morgan fingerprint density at radius 1 is 1.16 bits per heavy atom. The van der Waals surface area contributed by atoms with E-state index < -0.39 is 17.7 Å². The van der Waals surface area contributed by atoms with Crippen LogP contribution in [0.25, 0.3) is 11.3 Å². The molecule has 168 valence electrons. The lowest BCUT2D eigenvalue weighted by Gasteiger charge is -2.37. The molecule has 2 aromatic carbocycles. The minimum atomic E-state index is -0.935. The zero-order chi connectivity index (χ0) is 22.7. The van der Waals surface area contributed by atoms with Crippen LogP contribution in [0.5, 0.6) is 0 Å². The lowest BCUT2D eigenvalue weighted by molar-refractivity contribution is -0.121. The van der Waals surface area contributed by atoms with Crippen molar-refractivity contribution >= 4 is 22.4 Å². The molecule has 1 saturated heterocycles. The summed E-state index contributed by atoms with van der Waals surface area (Å²) in [6.07, 6.45) is 1.13. The van der Waals surface area contributed by atoms with Gasteiger partial charge in [-0.25, -0.2) is 13.8 Å². The Morgan fingerprint density at radius 2 is 1.88 bits per heavy atom. The number of thiazole rings is 1. The maximum Gasteiger partial charge on any atom is 0.243 e. The predicted molar refractivity (Wildman–Crippen MR) is 121 cm³/mol. The van der Waals surface area contributed by atoms with Gasteiger partial charge in [-0.2, -0.15) is 0 Å². The van der Waals surface area contributed by atoms with E-state index in [0.29, 0.717) is 16.4 Å². The number of benzene rings is 2. The number of nitrogens with one attached hydrogen (secondary N) is 1. The van der Waals surface area contributed by atoms with Crippen LogP contribution in [0.2, 0.25) is 0 Å². The van der Waals surface area contributed by atoms with Crippen LogP contribution in [0.3, 0.4) is 0 Å². The number of rotatable bonds is 6. The first-order chi connectivity index (χ1) is 15.4. The van der Waals surface area contributed by atoms with Crippen LogP contribution >= 0.6 is 11.3 Å². The zero-order valence-electron chi connectivity index (χ0n) is 17.7. The molecule has 1 aliphatic heterocycles. The molecule has 5 nitrogen and oxygen atoms in total. The highest BCUT2D eigenvalue weighted by atomic mass is 32.1. The fourth-order valence-corrected chi connectivity index (χ4v) is 4.76. The first-order valence-electron chi connectivity index (χ1n) is 10.6. The summed E-state index contributed by atoms with van der Waals surface area (Å²) in [5, 5.41) is 15.6. The van der Waals surface area contributed by atoms with Crippen molar-refractivity contribution in [3.8, 4) is 11.3 Å². The van der Waals surface area contributed by atoms with Crippen molar-refractivity contribution in [2.75, 3.05) is 18.4 Å². The van der Waals surface area contributed by atoms with Crippen molar-refractivity contribution < 1.29 is 18.7 Å². The Bertz CT molecular complexity index is 1070. The summed E-state index contributed by atoms with van der Waals surface area (Å²) < 4.78 is 26.6. The third-order valence-electron chi connectivity index (χ3n) is 6.04. The summed E-state index contributed by atoms with van der Waals surface area (Å²) in [5.41, 5.74) is 1.86. The van der Waals surface area contributed by atoms with Gasteiger partial charge >= 0.3 is 0 Å². The standard InChI is InChI=1S/C24H25F2N3O2S/c1-15(29-11-9-17(10-12-29)22(30)16-5-3-2-4-6-16)23(31)28-24-27-21(14-32-24)18-7-8-19(25)20(26)13-18/h2-8,13-15,17,22,30H,9-12H2,1H3,(H,27,28,31). The highest BCUT2D eigenvalue weighted by Crippen LogP contribution is 2.31. The largest absolute Gasteiger partial charge is 0.388 e. The van der Waals surface area contributed by atoms with Crippen LogP contribution < -0.4 is 5.32 Å². The molecule has 2 atom stereocenters. The van der Waals surface area contributed by atoms with Crippen LogP contribution in [0.4, 0.5) is 13.9 Å². The summed E-state index contributed by atoms with van der Waals surface area (Å²) in [7, 11) is 0. The van der Waals surface area contributed by atoms with E-state index in [1.165, 1.54) is 17.4 Å². The highest BCUT2D eigenvalue weighted by molar-refractivity contribution is 7.14. The summed E-state index contributed by atoms with van der Waals surface area (Å²) in [6.45, 7) is 3.30. The second kappa shape index (κ2) is 9.85. The molecule has 2 unspecified atom stereocenters. The van der Waals surface area contributed by atoms with E-state index in [1.54, 1.807) is 5.38 Å². The van der Waals surface area contributed by atoms with Gasteiger partial charge in [0.05, 0.1) is 17.8 Å². The van der Waals surface area contributed by atoms with E-state index in [1.807, 2.05) is 37.3 Å². The number of piperidine rings is 1. The topological polar surface area (TPSA) is 65.5 Å². The van der Waals surface area contributed by atoms with Crippen molar-refractivity contribution in [3.05, 3.63) is 71.1 Å². The van der Waals surface area contributed by atoms with Gasteiger partial charge in [0.1, 0.15) is 0 Å². The van der Waals surface area contributed by atoms with Crippen molar-refractivity contribution in [2.45, 2.75) is 31.9 Å². The number of carbonyl (C=O) groups excluding carboxylic acids is 1. The Hall–Kier alpha value is -2.68. The second-order valence-corrected chi connectivity index (χ2v) is 8.92. The van der Waals surface area contributed by atoms with E-state index in [4.69, 9.17) is 0 Å². The SMILES string of the molecule is CC(C(=O)Nc1nc(-c2ccc(F)c(F)c2)cs1)N1CCC(C(O)c2ccccc2)CC1. The number of aliphatic hydroxyl groups is 1. The fraction of sp³-hybridized carbons (Fsp3) is 0.333. The number of anilines is 1. The van der Waals surface area contributed by atoms with Gasteiger partial charge in [-0.1, -0.05) is 30.3 Å². The lowest BCUT2D eigenvalue weighted by atomic mass is 9.87. The fourth-order valence-electron chi connectivity index (χ4n) is 4.04. The normalized spacial score (nSPS) is 17.1. The maximum absolute atomic E-state index is 13.5. The Balaban J connectivity index is 1.32. The van der Waals surface area contributed by atoms with Crippen molar-refractivity contribution in [2.24, 2.45) is 5.92 Å². The number of hydrogen-bond donors (Lipinski definition) is 2. The number of halogens is 2. The summed E-state index contributed by atoms with van der Waals surface area (Å²) in [5.74, 6) is -1.85. The van der Waals surface area contributed by atoms with Crippen molar-refractivity contribution in [1.29, 1.82) is 0 Å². The van der Waals surface area contributed by atoms with Gasteiger partial charge in [0.25, 0.3) is 0 Å². The smallest absolute Gasteiger partial charge is 0.243 e. The summed E-state index contributed by atoms with van der Waals surface area (Å²) in [6, 6.07) is 12.9. The number of hydrogen-bond acceptors (Lipinski definition) is 5. The third-order valence-corrected chi connectivity index (χ3v) is 6.80. The van der Waals surface area contributed by atoms with Crippen LogP contribution in [0, 0.1) is 17.6 Å². The maximum atomic E-state index is 13.5. The molecule has 32 heavy (non-hydrogen) atoms. The number of likely N-dealkylation sites (tertiary alicyclic amines) is 1. The van der Waals surface area contributed by atoms with Gasteiger partial charge in [-0.05, 0) is 62.5 Å². The Morgan fingerprint density at radius 3 is 2.56 bits per heavy atom. The van der Waals surface area contributed by atoms with Gasteiger partial charge in [0.2, 0.25) is 5.91 Å². The van der Waals surface area contributed by atoms with E-state index in [2.05, 4.69) is 15.2 Å². The monoisotopic (exact) mass is 457 g/mol. The average Bonchev–Trinajstić information content (AvgIpc) is 3.29. The minimum absolute atomic E-state index is 0.168. The van der Waals surface area contributed by atoms with E-state index in [9.17, 15) is 18.7 Å². The number of nitrogens with zero attached hydrogens (tertiary/aromatic N) is 2. The molecule has 0 aliphatic carbocycles. The van der Waals surface area contributed by atoms with Gasteiger partial charge < -0.3 is 10.4 Å². The van der Waals surface area contributed by atoms with Crippen LogP contribution in [0.1, 0.15) is 31.4 Å².